The zero-order valence-electron chi connectivity index (χ0n) is 18.1. The van der Waals surface area contributed by atoms with Gasteiger partial charge in [-0.3, -0.25) is 14.7 Å². The molecule has 0 radical (unpaired) electrons. The van der Waals surface area contributed by atoms with Crippen LogP contribution in [0.3, 0.4) is 0 Å². The molecular formula is C25H26N2O4. The molecule has 0 bridgehead atoms. The van der Waals surface area contributed by atoms with E-state index in [1.54, 1.807) is 31.4 Å². The average molecular weight is 418 g/mol. The standard InChI is InChI=1S/C25H26N2O4/c1-16(2)27-12-11-22-20(14-27)24(19-9-4-5-10-21(19)26-22)25(29)31-15-23(28)17-7-6-8-18(13-17)30-3/h4-10,13,16H,11-12,14-15H2,1-3H3. The number of para-hydroxylation sites is 1. The highest BCUT2D eigenvalue weighted by Crippen LogP contribution is 2.29. The monoisotopic (exact) mass is 418 g/mol. The largest absolute Gasteiger partial charge is 0.497 e. The number of pyridine rings is 1. The van der Waals surface area contributed by atoms with E-state index in [2.05, 4.69) is 18.7 Å². The van der Waals surface area contributed by atoms with Gasteiger partial charge in [-0.25, -0.2) is 4.79 Å². The smallest absolute Gasteiger partial charge is 0.339 e. The summed E-state index contributed by atoms with van der Waals surface area (Å²) in [7, 11) is 1.54. The highest BCUT2D eigenvalue weighted by atomic mass is 16.5. The van der Waals surface area contributed by atoms with Crippen molar-refractivity contribution in [2.24, 2.45) is 0 Å². The summed E-state index contributed by atoms with van der Waals surface area (Å²) in [6.45, 7) is 5.50. The number of carbonyl (C=O) groups is 2. The summed E-state index contributed by atoms with van der Waals surface area (Å²) < 4.78 is 10.7. The predicted octanol–water partition coefficient (Wildman–Crippen LogP) is 4.05. The van der Waals surface area contributed by atoms with Crippen LogP contribution in [0.5, 0.6) is 5.75 Å². The van der Waals surface area contributed by atoms with Crippen molar-refractivity contribution < 1.29 is 19.1 Å². The molecule has 6 heteroatoms. The van der Waals surface area contributed by atoms with Crippen molar-refractivity contribution >= 4 is 22.7 Å². The number of carbonyl (C=O) groups excluding carboxylic acids is 2. The van der Waals surface area contributed by atoms with Gasteiger partial charge in [0.25, 0.3) is 0 Å². The molecule has 0 spiro atoms. The van der Waals surface area contributed by atoms with Gasteiger partial charge < -0.3 is 9.47 Å². The van der Waals surface area contributed by atoms with E-state index in [0.29, 0.717) is 29.5 Å². The third-order valence-electron chi connectivity index (χ3n) is 5.74. The number of hydrogen-bond donors (Lipinski definition) is 0. The summed E-state index contributed by atoms with van der Waals surface area (Å²) >= 11 is 0. The van der Waals surface area contributed by atoms with Crippen LogP contribution < -0.4 is 4.74 Å². The molecular weight excluding hydrogens is 392 g/mol. The first kappa shape index (κ1) is 21.0. The summed E-state index contributed by atoms with van der Waals surface area (Å²) in [5.41, 5.74) is 3.56. The SMILES string of the molecule is COc1cccc(C(=O)COC(=O)c2c3c(nc4ccccc24)CCN(C(C)C)C3)c1. The number of hydrogen-bond acceptors (Lipinski definition) is 6. The third-order valence-corrected chi connectivity index (χ3v) is 5.74. The van der Waals surface area contributed by atoms with Gasteiger partial charge in [-0.05, 0) is 32.0 Å². The van der Waals surface area contributed by atoms with Crippen molar-refractivity contribution in [2.45, 2.75) is 32.9 Å². The number of ketones is 1. The molecule has 0 N–H and O–H groups in total. The van der Waals surface area contributed by atoms with Crippen LogP contribution in [0.1, 0.15) is 45.8 Å². The zero-order valence-corrected chi connectivity index (χ0v) is 18.1. The van der Waals surface area contributed by atoms with Gasteiger partial charge in [0, 0.05) is 47.8 Å². The number of fused-ring (bicyclic) bond motifs is 2. The van der Waals surface area contributed by atoms with Crippen LogP contribution in [0.25, 0.3) is 10.9 Å². The Balaban J connectivity index is 1.64. The fourth-order valence-electron chi connectivity index (χ4n) is 3.97. The average Bonchev–Trinajstić information content (AvgIpc) is 2.80. The Bertz CT molecular complexity index is 1140. The summed E-state index contributed by atoms with van der Waals surface area (Å²) in [5.74, 6) is -0.180. The van der Waals surface area contributed by atoms with Crippen LogP contribution in [0.4, 0.5) is 0 Å². The Morgan fingerprint density at radius 2 is 1.94 bits per heavy atom. The summed E-state index contributed by atoms with van der Waals surface area (Å²) in [6.07, 6.45) is 0.779. The van der Waals surface area contributed by atoms with Gasteiger partial charge in [0.05, 0.1) is 18.2 Å². The molecule has 1 aliphatic heterocycles. The molecule has 0 saturated carbocycles. The molecule has 4 rings (SSSR count). The lowest BCUT2D eigenvalue weighted by molar-refractivity contribution is 0.0473. The number of Topliss-reactive ketones (excluding diaryl/α,β-unsaturated/α-hetero) is 1. The molecule has 0 atom stereocenters. The molecule has 0 unspecified atom stereocenters. The zero-order chi connectivity index (χ0) is 22.0. The van der Waals surface area contributed by atoms with Gasteiger partial charge in [0.15, 0.2) is 12.4 Å². The van der Waals surface area contributed by atoms with E-state index in [1.807, 2.05) is 24.3 Å². The molecule has 2 heterocycles. The number of ether oxygens (including phenoxy) is 2. The topological polar surface area (TPSA) is 68.7 Å². The second-order valence-electron chi connectivity index (χ2n) is 7.97. The van der Waals surface area contributed by atoms with Crippen LogP contribution >= 0.6 is 0 Å². The Morgan fingerprint density at radius 3 is 2.71 bits per heavy atom. The summed E-state index contributed by atoms with van der Waals surface area (Å²) in [5, 5.41) is 0.755. The number of nitrogens with zero attached hydrogens (tertiary/aromatic N) is 2. The molecule has 0 aliphatic carbocycles. The quantitative estimate of drug-likeness (QED) is 0.444. The van der Waals surface area contributed by atoms with Crippen molar-refractivity contribution in [1.82, 2.24) is 9.88 Å². The predicted molar refractivity (Wildman–Crippen MR) is 119 cm³/mol. The molecule has 6 nitrogen and oxygen atoms in total. The molecule has 31 heavy (non-hydrogen) atoms. The van der Waals surface area contributed by atoms with E-state index in [1.165, 1.54) is 0 Å². The lowest BCUT2D eigenvalue weighted by Gasteiger charge is -2.32. The molecule has 3 aromatic rings. The fourth-order valence-corrected chi connectivity index (χ4v) is 3.97. The minimum Gasteiger partial charge on any atom is -0.497 e. The first-order valence-corrected chi connectivity index (χ1v) is 10.5. The maximum absolute atomic E-state index is 13.2. The van der Waals surface area contributed by atoms with Gasteiger partial charge in [-0.15, -0.1) is 0 Å². The Hall–Kier alpha value is -3.25. The lowest BCUT2D eigenvalue weighted by atomic mass is 9.95. The van der Waals surface area contributed by atoms with E-state index in [4.69, 9.17) is 14.5 Å². The van der Waals surface area contributed by atoms with Crippen molar-refractivity contribution in [1.29, 1.82) is 0 Å². The number of methoxy groups -OCH3 is 1. The van der Waals surface area contributed by atoms with E-state index in [0.717, 1.165) is 35.1 Å². The maximum atomic E-state index is 13.2. The van der Waals surface area contributed by atoms with Gasteiger partial charge in [0.1, 0.15) is 5.75 Å². The molecule has 1 aliphatic rings. The molecule has 1 aromatic heterocycles. The van der Waals surface area contributed by atoms with Crippen LogP contribution in [-0.4, -0.2) is 47.9 Å². The molecule has 0 saturated heterocycles. The fraction of sp³-hybridized carbons (Fsp3) is 0.320. The minimum atomic E-state index is -0.489. The number of esters is 1. The summed E-state index contributed by atoms with van der Waals surface area (Å²) in [6, 6.07) is 14.8. The van der Waals surface area contributed by atoms with Crippen LogP contribution in [0.15, 0.2) is 48.5 Å². The molecule has 160 valence electrons. The molecule has 0 fully saturated rings. The van der Waals surface area contributed by atoms with Gasteiger partial charge in [-0.1, -0.05) is 30.3 Å². The lowest BCUT2D eigenvalue weighted by Crippen LogP contribution is -2.37. The Labute approximate surface area is 181 Å². The van der Waals surface area contributed by atoms with Crippen molar-refractivity contribution in [3.05, 3.63) is 70.9 Å². The molecule has 2 aromatic carbocycles. The van der Waals surface area contributed by atoms with Gasteiger partial charge >= 0.3 is 5.97 Å². The molecule has 0 amide bonds. The van der Waals surface area contributed by atoms with Gasteiger partial charge in [-0.2, -0.15) is 0 Å². The number of benzene rings is 2. The second kappa shape index (κ2) is 8.86. The normalized spacial score (nSPS) is 13.8. The highest BCUT2D eigenvalue weighted by molar-refractivity contribution is 6.06. The Kier molecular flexibility index (Phi) is 6.00. The van der Waals surface area contributed by atoms with Crippen LogP contribution in [-0.2, 0) is 17.7 Å². The van der Waals surface area contributed by atoms with Crippen molar-refractivity contribution in [3.63, 3.8) is 0 Å². The van der Waals surface area contributed by atoms with Gasteiger partial charge in [0.2, 0.25) is 0 Å². The van der Waals surface area contributed by atoms with Crippen LogP contribution in [0, 0.1) is 0 Å². The number of aromatic nitrogens is 1. The third kappa shape index (κ3) is 4.30. The highest BCUT2D eigenvalue weighted by Gasteiger charge is 2.28. The number of rotatable bonds is 6. The van der Waals surface area contributed by atoms with E-state index in [9.17, 15) is 9.59 Å². The van der Waals surface area contributed by atoms with E-state index < -0.39 is 5.97 Å². The Morgan fingerprint density at radius 1 is 1.13 bits per heavy atom. The van der Waals surface area contributed by atoms with Crippen LogP contribution in [0.2, 0.25) is 0 Å². The minimum absolute atomic E-state index is 0.275. The summed E-state index contributed by atoms with van der Waals surface area (Å²) in [4.78, 5) is 32.9. The second-order valence-corrected chi connectivity index (χ2v) is 7.97. The van der Waals surface area contributed by atoms with E-state index in [-0.39, 0.29) is 12.4 Å². The van der Waals surface area contributed by atoms with E-state index >= 15 is 0 Å². The first-order valence-electron chi connectivity index (χ1n) is 10.5. The first-order chi connectivity index (χ1) is 15.0. The van der Waals surface area contributed by atoms with Crippen molar-refractivity contribution in [3.8, 4) is 5.75 Å². The maximum Gasteiger partial charge on any atom is 0.339 e. The van der Waals surface area contributed by atoms with Crippen molar-refractivity contribution in [2.75, 3.05) is 20.3 Å².